The van der Waals surface area contributed by atoms with Crippen LogP contribution in [-0.2, 0) is 17.1 Å². The SMILES string of the molecule is Cc1ccc(S(=O)(=O)NCCNC(C)c2cnn(C)c2)s1. The lowest BCUT2D eigenvalue weighted by Crippen LogP contribution is -2.32. The predicted molar refractivity (Wildman–Crippen MR) is 83.9 cm³/mol. The van der Waals surface area contributed by atoms with Crippen LogP contribution in [0.2, 0.25) is 0 Å². The van der Waals surface area contributed by atoms with Crippen molar-refractivity contribution < 1.29 is 8.42 Å². The molecule has 0 amide bonds. The predicted octanol–water partition coefficient (Wildman–Crippen LogP) is 1.42. The first-order valence-corrected chi connectivity index (χ1v) is 8.96. The molecule has 0 aliphatic heterocycles. The van der Waals surface area contributed by atoms with Gasteiger partial charge in [0.2, 0.25) is 10.0 Å². The van der Waals surface area contributed by atoms with Crippen LogP contribution in [0.3, 0.4) is 0 Å². The van der Waals surface area contributed by atoms with Crippen LogP contribution in [0.4, 0.5) is 0 Å². The van der Waals surface area contributed by atoms with Crippen LogP contribution < -0.4 is 10.0 Å². The molecule has 0 radical (unpaired) electrons. The number of nitrogens with one attached hydrogen (secondary N) is 2. The summed E-state index contributed by atoms with van der Waals surface area (Å²) in [5.41, 5.74) is 1.08. The number of aryl methyl sites for hydroxylation is 2. The van der Waals surface area contributed by atoms with E-state index in [9.17, 15) is 8.42 Å². The Morgan fingerprint density at radius 3 is 2.71 bits per heavy atom. The van der Waals surface area contributed by atoms with Crippen LogP contribution in [0, 0.1) is 6.92 Å². The van der Waals surface area contributed by atoms with Crippen molar-refractivity contribution in [3.05, 3.63) is 35.0 Å². The Bertz CT molecular complexity index is 691. The second-order valence-electron chi connectivity index (χ2n) is 4.89. The topological polar surface area (TPSA) is 76.0 Å². The summed E-state index contributed by atoms with van der Waals surface area (Å²) >= 11 is 1.28. The van der Waals surface area contributed by atoms with Crippen molar-refractivity contribution >= 4 is 21.4 Å². The highest BCUT2D eigenvalue weighted by molar-refractivity contribution is 7.91. The van der Waals surface area contributed by atoms with Crippen LogP contribution >= 0.6 is 11.3 Å². The van der Waals surface area contributed by atoms with E-state index >= 15 is 0 Å². The second kappa shape index (κ2) is 6.69. The van der Waals surface area contributed by atoms with Crippen molar-refractivity contribution in [2.24, 2.45) is 7.05 Å². The highest BCUT2D eigenvalue weighted by atomic mass is 32.2. The summed E-state index contributed by atoms with van der Waals surface area (Å²) in [6.45, 7) is 4.82. The Morgan fingerprint density at radius 2 is 2.14 bits per heavy atom. The maximum absolute atomic E-state index is 12.0. The Kier molecular flexibility index (Phi) is 5.15. The Balaban J connectivity index is 1.79. The fraction of sp³-hybridized carbons (Fsp3) is 0.462. The number of aromatic nitrogens is 2. The maximum Gasteiger partial charge on any atom is 0.250 e. The fourth-order valence-electron chi connectivity index (χ4n) is 1.88. The molecule has 2 N–H and O–H groups in total. The normalized spacial score (nSPS) is 13.5. The lowest BCUT2D eigenvalue weighted by atomic mass is 10.2. The molecule has 6 nitrogen and oxygen atoms in total. The second-order valence-corrected chi connectivity index (χ2v) is 8.17. The molecule has 2 aromatic rings. The quantitative estimate of drug-likeness (QED) is 0.754. The highest BCUT2D eigenvalue weighted by Crippen LogP contribution is 2.20. The molecule has 0 saturated heterocycles. The minimum absolute atomic E-state index is 0.132. The number of sulfonamides is 1. The van der Waals surface area contributed by atoms with E-state index in [1.54, 1.807) is 16.9 Å². The van der Waals surface area contributed by atoms with E-state index in [-0.39, 0.29) is 6.04 Å². The largest absolute Gasteiger partial charge is 0.309 e. The van der Waals surface area contributed by atoms with Gasteiger partial charge in [-0.15, -0.1) is 11.3 Å². The third-order valence-electron chi connectivity index (χ3n) is 3.07. The molecule has 116 valence electrons. The summed E-state index contributed by atoms with van der Waals surface area (Å²) < 4.78 is 28.8. The molecule has 0 aliphatic carbocycles. The van der Waals surface area contributed by atoms with Crippen molar-refractivity contribution in [2.75, 3.05) is 13.1 Å². The van der Waals surface area contributed by atoms with E-state index in [0.29, 0.717) is 17.3 Å². The summed E-state index contributed by atoms with van der Waals surface area (Å²) in [4.78, 5) is 0.985. The Hall–Kier alpha value is -1.22. The van der Waals surface area contributed by atoms with Gasteiger partial charge in [-0.3, -0.25) is 4.68 Å². The van der Waals surface area contributed by atoms with Gasteiger partial charge in [-0.1, -0.05) is 0 Å². The first-order valence-electron chi connectivity index (χ1n) is 6.66. The van der Waals surface area contributed by atoms with Gasteiger partial charge in [0, 0.05) is 42.8 Å². The van der Waals surface area contributed by atoms with Crippen molar-refractivity contribution in [2.45, 2.75) is 24.1 Å². The average Bonchev–Trinajstić information content (AvgIpc) is 3.03. The first kappa shape index (κ1) is 16.2. The van der Waals surface area contributed by atoms with E-state index in [0.717, 1.165) is 10.4 Å². The number of hydrogen-bond acceptors (Lipinski definition) is 5. The Labute approximate surface area is 129 Å². The van der Waals surface area contributed by atoms with Gasteiger partial charge in [0.05, 0.1) is 6.20 Å². The number of hydrogen-bond donors (Lipinski definition) is 2. The molecule has 0 aromatic carbocycles. The van der Waals surface area contributed by atoms with Crippen molar-refractivity contribution in [1.82, 2.24) is 19.8 Å². The highest BCUT2D eigenvalue weighted by Gasteiger charge is 2.15. The van der Waals surface area contributed by atoms with Gasteiger partial charge in [-0.2, -0.15) is 5.10 Å². The zero-order valence-electron chi connectivity index (χ0n) is 12.3. The lowest BCUT2D eigenvalue weighted by molar-refractivity contribution is 0.554. The first-order chi connectivity index (χ1) is 9.88. The van der Waals surface area contributed by atoms with E-state index in [2.05, 4.69) is 15.1 Å². The minimum Gasteiger partial charge on any atom is -0.309 e. The van der Waals surface area contributed by atoms with E-state index in [1.165, 1.54) is 11.3 Å². The molecule has 2 heterocycles. The summed E-state index contributed by atoms with van der Waals surface area (Å²) in [6.07, 6.45) is 3.74. The average molecular weight is 328 g/mol. The fourth-order valence-corrected chi connectivity index (χ4v) is 4.24. The van der Waals surface area contributed by atoms with Crippen molar-refractivity contribution in [3.63, 3.8) is 0 Å². The molecule has 0 saturated carbocycles. The van der Waals surface area contributed by atoms with Gasteiger partial charge in [0.25, 0.3) is 0 Å². The van der Waals surface area contributed by atoms with Gasteiger partial charge in [-0.25, -0.2) is 13.1 Å². The summed E-state index contributed by atoms with van der Waals surface area (Å²) in [5.74, 6) is 0. The van der Waals surface area contributed by atoms with Crippen LogP contribution in [0.25, 0.3) is 0 Å². The molecule has 0 bridgehead atoms. The van der Waals surface area contributed by atoms with E-state index < -0.39 is 10.0 Å². The van der Waals surface area contributed by atoms with Gasteiger partial charge in [0.1, 0.15) is 4.21 Å². The molecule has 0 fully saturated rings. The summed E-state index contributed by atoms with van der Waals surface area (Å²) in [7, 11) is -1.52. The molecule has 8 heteroatoms. The molecule has 0 spiro atoms. The summed E-state index contributed by atoms with van der Waals surface area (Å²) in [5, 5.41) is 7.38. The molecular weight excluding hydrogens is 308 g/mol. The standard InChI is InChI=1S/C13H20N4O2S2/c1-10-4-5-13(20-10)21(18,19)16-7-6-14-11(2)12-8-15-17(3)9-12/h4-5,8-9,11,14,16H,6-7H2,1-3H3. The van der Waals surface area contributed by atoms with Crippen LogP contribution in [0.5, 0.6) is 0 Å². The monoisotopic (exact) mass is 328 g/mol. The van der Waals surface area contributed by atoms with Gasteiger partial charge in [0.15, 0.2) is 0 Å². The molecule has 1 atom stereocenters. The zero-order chi connectivity index (χ0) is 15.5. The number of rotatable bonds is 7. The lowest BCUT2D eigenvalue weighted by Gasteiger charge is -2.12. The Morgan fingerprint density at radius 1 is 1.38 bits per heavy atom. The number of nitrogens with zero attached hydrogens (tertiary/aromatic N) is 2. The van der Waals surface area contributed by atoms with Crippen molar-refractivity contribution in [3.8, 4) is 0 Å². The molecule has 0 aliphatic rings. The smallest absolute Gasteiger partial charge is 0.250 e. The zero-order valence-corrected chi connectivity index (χ0v) is 14.0. The molecule has 2 aromatic heterocycles. The third-order valence-corrected chi connectivity index (χ3v) is 6.03. The molecule has 1 unspecified atom stereocenters. The van der Waals surface area contributed by atoms with Crippen LogP contribution in [0.15, 0.2) is 28.7 Å². The van der Waals surface area contributed by atoms with Gasteiger partial charge < -0.3 is 5.32 Å². The molecule has 21 heavy (non-hydrogen) atoms. The van der Waals surface area contributed by atoms with Crippen molar-refractivity contribution in [1.29, 1.82) is 0 Å². The molecule has 2 rings (SSSR count). The van der Waals surface area contributed by atoms with E-state index in [4.69, 9.17) is 0 Å². The molecular formula is C13H20N4O2S2. The van der Waals surface area contributed by atoms with Gasteiger partial charge >= 0.3 is 0 Å². The number of thiophene rings is 1. The third kappa shape index (κ3) is 4.37. The van der Waals surface area contributed by atoms with E-state index in [1.807, 2.05) is 33.2 Å². The van der Waals surface area contributed by atoms with Gasteiger partial charge in [-0.05, 0) is 26.0 Å². The van der Waals surface area contributed by atoms with Crippen LogP contribution in [0.1, 0.15) is 23.4 Å². The maximum atomic E-state index is 12.0. The van der Waals surface area contributed by atoms with Crippen LogP contribution in [-0.4, -0.2) is 31.3 Å². The summed E-state index contributed by atoms with van der Waals surface area (Å²) in [6, 6.07) is 3.57. The minimum atomic E-state index is -3.39.